The van der Waals surface area contributed by atoms with Crippen molar-refractivity contribution in [1.82, 2.24) is 5.32 Å². The standard InChI is InChI=1S/C27H21Br2N3O6/c1-15-4-3-5-18(10-15)30-23(33)14-38-24-16(11-17(28)13-22(24)29)12-21-25(34)31-27(36)32(26(21)35)19-6-8-20(37-2)9-7-19/h3-13H,14H2,1-2H3,(H,30,33)(H,31,34,36)/b21-12+. The molecule has 4 rings (SSSR count). The molecule has 1 heterocycles. The van der Waals surface area contributed by atoms with Crippen LogP contribution in [0.2, 0.25) is 0 Å². The van der Waals surface area contributed by atoms with E-state index in [1.807, 2.05) is 25.1 Å². The lowest BCUT2D eigenvalue weighted by Crippen LogP contribution is -2.54. The normalized spacial score (nSPS) is 14.4. The molecule has 0 spiro atoms. The quantitative estimate of drug-likeness (QED) is 0.270. The number of nitrogens with one attached hydrogen (secondary N) is 2. The molecule has 38 heavy (non-hydrogen) atoms. The van der Waals surface area contributed by atoms with Crippen LogP contribution in [0, 0.1) is 6.92 Å². The molecular formula is C27H21Br2N3O6. The Bertz CT molecular complexity index is 1470. The van der Waals surface area contributed by atoms with Gasteiger partial charge in [-0.3, -0.25) is 19.7 Å². The van der Waals surface area contributed by atoms with Gasteiger partial charge in [-0.15, -0.1) is 0 Å². The minimum atomic E-state index is -0.873. The summed E-state index contributed by atoms with van der Waals surface area (Å²) >= 11 is 6.80. The van der Waals surface area contributed by atoms with Crippen LogP contribution in [0.4, 0.5) is 16.2 Å². The monoisotopic (exact) mass is 641 g/mol. The number of nitrogens with zero attached hydrogens (tertiary/aromatic N) is 1. The highest BCUT2D eigenvalue weighted by atomic mass is 79.9. The van der Waals surface area contributed by atoms with Gasteiger partial charge >= 0.3 is 6.03 Å². The number of hydrogen-bond acceptors (Lipinski definition) is 6. The molecular weight excluding hydrogens is 622 g/mol. The Balaban J connectivity index is 1.62. The Hall–Kier alpha value is -3.96. The van der Waals surface area contributed by atoms with Crippen molar-refractivity contribution in [1.29, 1.82) is 0 Å². The topological polar surface area (TPSA) is 114 Å². The van der Waals surface area contributed by atoms with Gasteiger partial charge in [0.1, 0.15) is 17.1 Å². The predicted molar refractivity (Wildman–Crippen MR) is 149 cm³/mol. The maximum Gasteiger partial charge on any atom is 0.335 e. The van der Waals surface area contributed by atoms with Gasteiger partial charge in [-0.25, -0.2) is 9.69 Å². The first-order valence-electron chi connectivity index (χ1n) is 11.2. The fourth-order valence-electron chi connectivity index (χ4n) is 3.68. The maximum absolute atomic E-state index is 13.3. The zero-order valence-corrected chi connectivity index (χ0v) is 23.4. The number of imide groups is 2. The number of aryl methyl sites for hydroxylation is 1. The van der Waals surface area contributed by atoms with Crippen LogP contribution in [0.3, 0.4) is 0 Å². The van der Waals surface area contributed by atoms with E-state index >= 15 is 0 Å². The highest BCUT2D eigenvalue weighted by molar-refractivity contribution is 9.11. The third-order valence-corrected chi connectivity index (χ3v) is 6.47. The van der Waals surface area contributed by atoms with E-state index in [0.29, 0.717) is 25.9 Å². The molecule has 11 heteroatoms. The average molecular weight is 643 g/mol. The second kappa shape index (κ2) is 11.6. The largest absolute Gasteiger partial charge is 0.497 e. The van der Waals surface area contributed by atoms with E-state index in [0.717, 1.165) is 10.5 Å². The molecule has 5 amide bonds. The molecule has 194 valence electrons. The van der Waals surface area contributed by atoms with Gasteiger partial charge in [-0.05, 0) is 83.0 Å². The summed E-state index contributed by atoms with van der Waals surface area (Å²) in [6, 6.07) is 16.0. The number of halogens is 2. The van der Waals surface area contributed by atoms with Gasteiger partial charge in [-0.2, -0.15) is 0 Å². The van der Waals surface area contributed by atoms with Gasteiger partial charge in [0.2, 0.25) is 0 Å². The smallest absolute Gasteiger partial charge is 0.335 e. The molecule has 1 aliphatic rings. The van der Waals surface area contributed by atoms with Gasteiger partial charge in [0.25, 0.3) is 17.7 Å². The highest BCUT2D eigenvalue weighted by Crippen LogP contribution is 2.35. The number of urea groups is 1. The number of ether oxygens (including phenoxy) is 2. The molecule has 0 radical (unpaired) electrons. The lowest BCUT2D eigenvalue weighted by atomic mass is 10.1. The minimum Gasteiger partial charge on any atom is -0.497 e. The molecule has 0 aliphatic carbocycles. The Morgan fingerprint density at radius 3 is 2.47 bits per heavy atom. The molecule has 1 saturated heterocycles. The molecule has 2 N–H and O–H groups in total. The summed E-state index contributed by atoms with van der Waals surface area (Å²) in [7, 11) is 1.50. The van der Waals surface area contributed by atoms with Crippen molar-refractivity contribution in [2.75, 3.05) is 23.9 Å². The highest BCUT2D eigenvalue weighted by Gasteiger charge is 2.37. The summed E-state index contributed by atoms with van der Waals surface area (Å²) in [5.41, 5.74) is 1.91. The van der Waals surface area contributed by atoms with Crippen molar-refractivity contribution < 1.29 is 28.7 Å². The van der Waals surface area contributed by atoms with Crippen molar-refractivity contribution in [3.63, 3.8) is 0 Å². The third-order valence-electron chi connectivity index (χ3n) is 5.42. The van der Waals surface area contributed by atoms with E-state index in [9.17, 15) is 19.2 Å². The number of anilines is 2. The Kier molecular flexibility index (Phi) is 8.28. The second-order valence-corrected chi connectivity index (χ2v) is 9.94. The van der Waals surface area contributed by atoms with E-state index in [2.05, 4.69) is 42.5 Å². The summed E-state index contributed by atoms with van der Waals surface area (Å²) in [6.45, 7) is 1.58. The number of methoxy groups -OCH3 is 1. The van der Waals surface area contributed by atoms with Crippen molar-refractivity contribution in [3.05, 3.63) is 86.3 Å². The van der Waals surface area contributed by atoms with E-state index in [1.54, 1.807) is 30.3 Å². The Morgan fingerprint density at radius 1 is 1.05 bits per heavy atom. The lowest BCUT2D eigenvalue weighted by Gasteiger charge is -2.26. The molecule has 1 aliphatic heterocycles. The van der Waals surface area contributed by atoms with Gasteiger partial charge < -0.3 is 14.8 Å². The molecule has 0 aromatic heterocycles. The average Bonchev–Trinajstić information content (AvgIpc) is 2.86. The van der Waals surface area contributed by atoms with Gasteiger partial charge in [-0.1, -0.05) is 28.1 Å². The van der Waals surface area contributed by atoms with Crippen molar-refractivity contribution in [2.45, 2.75) is 6.92 Å². The molecule has 3 aromatic rings. The maximum atomic E-state index is 13.3. The summed E-state index contributed by atoms with van der Waals surface area (Å²) in [4.78, 5) is 51.9. The van der Waals surface area contributed by atoms with E-state index < -0.39 is 23.8 Å². The number of hydrogen-bond donors (Lipinski definition) is 2. The van der Waals surface area contributed by atoms with Crippen molar-refractivity contribution >= 4 is 73.1 Å². The first kappa shape index (κ1) is 27.1. The third kappa shape index (κ3) is 6.12. The Morgan fingerprint density at radius 2 is 1.79 bits per heavy atom. The van der Waals surface area contributed by atoms with E-state index in [-0.39, 0.29) is 23.6 Å². The predicted octanol–water partition coefficient (Wildman–Crippen LogP) is 5.21. The molecule has 0 bridgehead atoms. The van der Waals surface area contributed by atoms with Gasteiger partial charge in [0.15, 0.2) is 6.61 Å². The molecule has 0 atom stereocenters. The summed E-state index contributed by atoms with van der Waals surface area (Å²) in [6.07, 6.45) is 1.31. The zero-order valence-electron chi connectivity index (χ0n) is 20.2. The first-order chi connectivity index (χ1) is 18.2. The molecule has 9 nitrogen and oxygen atoms in total. The number of carbonyl (C=O) groups excluding carboxylic acids is 4. The van der Waals surface area contributed by atoms with Crippen LogP contribution in [-0.4, -0.2) is 37.5 Å². The lowest BCUT2D eigenvalue weighted by molar-refractivity contribution is -0.122. The number of rotatable bonds is 7. The van der Waals surface area contributed by atoms with Crippen LogP contribution in [0.15, 0.2) is 75.2 Å². The van der Waals surface area contributed by atoms with E-state index in [4.69, 9.17) is 9.47 Å². The summed E-state index contributed by atoms with van der Waals surface area (Å²) in [5, 5.41) is 4.95. The van der Waals surface area contributed by atoms with E-state index in [1.165, 1.54) is 25.3 Å². The number of barbiturate groups is 1. The zero-order chi connectivity index (χ0) is 27.4. The number of amides is 5. The molecule has 0 saturated carbocycles. The summed E-state index contributed by atoms with van der Waals surface area (Å²) in [5.74, 6) is -1.30. The fraction of sp³-hybridized carbons (Fsp3) is 0.111. The van der Waals surface area contributed by atoms with Crippen LogP contribution < -0.4 is 25.0 Å². The number of carbonyl (C=O) groups is 4. The minimum absolute atomic E-state index is 0.230. The molecule has 0 unspecified atom stereocenters. The molecule has 1 fully saturated rings. The van der Waals surface area contributed by atoms with Gasteiger partial charge in [0.05, 0.1) is 17.3 Å². The second-order valence-electron chi connectivity index (χ2n) is 8.17. The van der Waals surface area contributed by atoms with Crippen LogP contribution in [0.25, 0.3) is 6.08 Å². The van der Waals surface area contributed by atoms with Crippen LogP contribution in [0.1, 0.15) is 11.1 Å². The number of benzene rings is 3. The SMILES string of the molecule is COc1ccc(N2C(=O)NC(=O)/C(=C\c3cc(Br)cc(Br)c3OCC(=O)Nc3cccc(C)c3)C2=O)cc1. The van der Waals surface area contributed by atoms with Crippen LogP contribution in [-0.2, 0) is 14.4 Å². The Labute approximate surface area is 235 Å². The van der Waals surface area contributed by atoms with Crippen molar-refractivity contribution in [2.24, 2.45) is 0 Å². The first-order valence-corrected chi connectivity index (χ1v) is 12.8. The van der Waals surface area contributed by atoms with Crippen LogP contribution in [0.5, 0.6) is 11.5 Å². The summed E-state index contributed by atoms with van der Waals surface area (Å²) < 4.78 is 12.0. The van der Waals surface area contributed by atoms with Crippen molar-refractivity contribution in [3.8, 4) is 11.5 Å². The van der Waals surface area contributed by atoms with Crippen LogP contribution >= 0.6 is 31.9 Å². The fourth-order valence-corrected chi connectivity index (χ4v) is 5.05. The van der Waals surface area contributed by atoms with Gasteiger partial charge in [0, 0.05) is 15.7 Å². The molecule has 3 aromatic carbocycles.